The van der Waals surface area contributed by atoms with Gasteiger partial charge in [-0.3, -0.25) is 4.79 Å². The lowest BCUT2D eigenvalue weighted by Gasteiger charge is -2.13. The van der Waals surface area contributed by atoms with Gasteiger partial charge in [-0.1, -0.05) is 25.1 Å². The molecule has 94 valence electrons. The van der Waals surface area contributed by atoms with E-state index in [0.717, 1.165) is 12.0 Å². The van der Waals surface area contributed by atoms with Crippen LogP contribution in [0.2, 0.25) is 0 Å². The fourth-order valence-corrected chi connectivity index (χ4v) is 1.45. The predicted octanol–water partition coefficient (Wildman–Crippen LogP) is 1.61. The third-order valence-corrected chi connectivity index (χ3v) is 2.34. The number of amides is 1. The third-order valence-electron chi connectivity index (χ3n) is 2.34. The van der Waals surface area contributed by atoms with Gasteiger partial charge in [0.2, 0.25) is 0 Å². The Hall–Kier alpha value is -1.55. The van der Waals surface area contributed by atoms with Crippen LogP contribution >= 0.6 is 0 Å². The van der Waals surface area contributed by atoms with Crippen molar-refractivity contribution in [3.8, 4) is 5.75 Å². The van der Waals surface area contributed by atoms with E-state index in [1.54, 1.807) is 0 Å². The summed E-state index contributed by atoms with van der Waals surface area (Å²) in [6.45, 7) is 4.60. The molecule has 1 aromatic carbocycles. The molecule has 4 nitrogen and oxygen atoms in total. The summed E-state index contributed by atoms with van der Waals surface area (Å²) < 4.78 is 5.47. The molecule has 0 aliphatic carbocycles. The summed E-state index contributed by atoms with van der Waals surface area (Å²) >= 11 is 0. The van der Waals surface area contributed by atoms with Crippen LogP contribution in [0.5, 0.6) is 5.75 Å². The maximum atomic E-state index is 11.4. The molecule has 0 heterocycles. The van der Waals surface area contributed by atoms with Gasteiger partial charge in [-0.15, -0.1) is 0 Å². The van der Waals surface area contributed by atoms with E-state index in [9.17, 15) is 4.79 Å². The standard InChI is InChI=1S/C13H20N2O2/c1-3-8-15-13(16)9-17-12-7-5-4-6-11(12)10(2)14/h4-7,10H,3,8-9,14H2,1-2H3,(H,15,16). The van der Waals surface area contributed by atoms with Crippen LogP contribution < -0.4 is 15.8 Å². The highest BCUT2D eigenvalue weighted by Crippen LogP contribution is 2.22. The molecule has 0 saturated heterocycles. The molecule has 0 fully saturated rings. The van der Waals surface area contributed by atoms with Crippen LogP contribution in [0.1, 0.15) is 31.9 Å². The molecular weight excluding hydrogens is 216 g/mol. The van der Waals surface area contributed by atoms with Crippen molar-refractivity contribution >= 4 is 5.91 Å². The molecule has 0 radical (unpaired) electrons. The molecule has 1 atom stereocenters. The maximum Gasteiger partial charge on any atom is 0.257 e. The number of para-hydroxylation sites is 1. The van der Waals surface area contributed by atoms with E-state index in [2.05, 4.69) is 5.32 Å². The zero-order valence-electron chi connectivity index (χ0n) is 10.4. The molecule has 0 bridgehead atoms. The molecule has 17 heavy (non-hydrogen) atoms. The molecule has 1 unspecified atom stereocenters. The van der Waals surface area contributed by atoms with Crippen LogP contribution in [0.25, 0.3) is 0 Å². The summed E-state index contributed by atoms with van der Waals surface area (Å²) in [5, 5.41) is 2.76. The summed E-state index contributed by atoms with van der Waals surface area (Å²) in [5.41, 5.74) is 6.73. The van der Waals surface area contributed by atoms with Crippen molar-refractivity contribution in [1.29, 1.82) is 0 Å². The van der Waals surface area contributed by atoms with E-state index < -0.39 is 0 Å². The Bertz CT molecular complexity index is 364. The Morgan fingerprint density at radius 1 is 1.47 bits per heavy atom. The van der Waals surface area contributed by atoms with Crippen molar-refractivity contribution in [1.82, 2.24) is 5.32 Å². The topological polar surface area (TPSA) is 64.3 Å². The Labute approximate surface area is 102 Å². The molecule has 0 aromatic heterocycles. The highest BCUT2D eigenvalue weighted by molar-refractivity contribution is 5.77. The normalized spacial score (nSPS) is 11.9. The second-order valence-electron chi connectivity index (χ2n) is 3.97. The van der Waals surface area contributed by atoms with Gasteiger partial charge in [0.05, 0.1) is 0 Å². The predicted molar refractivity (Wildman–Crippen MR) is 67.8 cm³/mol. The summed E-state index contributed by atoms with van der Waals surface area (Å²) in [4.78, 5) is 11.4. The van der Waals surface area contributed by atoms with Crippen LogP contribution in [0.4, 0.5) is 0 Å². The van der Waals surface area contributed by atoms with Crippen molar-refractivity contribution in [2.75, 3.05) is 13.2 Å². The minimum absolute atomic E-state index is 0.0315. The number of nitrogens with one attached hydrogen (secondary N) is 1. The Morgan fingerprint density at radius 2 is 2.18 bits per heavy atom. The zero-order chi connectivity index (χ0) is 12.7. The second kappa shape index (κ2) is 6.91. The van der Waals surface area contributed by atoms with Gasteiger partial charge >= 0.3 is 0 Å². The number of nitrogens with two attached hydrogens (primary N) is 1. The zero-order valence-corrected chi connectivity index (χ0v) is 10.4. The third kappa shape index (κ3) is 4.44. The number of hydrogen-bond donors (Lipinski definition) is 2. The first kappa shape index (κ1) is 13.5. The molecule has 0 saturated carbocycles. The summed E-state index contributed by atoms with van der Waals surface area (Å²) in [6, 6.07) is 7.40. The van der Waals surface area contributed by atoms with E-state index in [1.165, 1.54) is 0 Å². The number of carbonyl (C=O) groups is 1. The van der Waals surface area contributed by atoms with E-state index in [-0.39, 0.29) is 18.6 Å². The summed E-state index contributed by atoms with van der Waals surface area (Å²) in [7, 11) is 0. The lowest BCUT2D eigenvalue weighted by Crippen LogP contribution is -2.29. The molecule has 0 aliphatic heterocycles. The van der Waals surface area contributed by atoms with Crippen molar-refractivity contribution < 1.29 is 9.53 Å². The smallest absolute Gasteiger partial charge is 0.257 e. The number of rotatable bonds is 6. The second-order valence-corrected chi connectivity index (χ2v) is 3.97. The lowest BCUT2D eigenvalue weighted by atomic mass is 10.1. The van der Waals surface area contributed by atoms with Crippen LogP contribution in [-0.2, 0) is 4.79 Å². The van der Waals surface area contributed by atoms with E-state index in [0.29, 0.717) is 12.3 Å². The first-order valence-electron chi connectivity index (χ1n) is 5.89. The SMILES string of the molecule is CCCNC(=O)COc1ccccc1C(C)N. The van der Waals surface area contributed by atoms with Crippen LogP contribution in [0.15, 0.2) is 24.3 Å². The molecule has 0 aliphatic rings. The molecule has 1 rings (SSSR count). The number of ether oxygens (including phenoxy) is 1. The monoisotopic (exact) mass is 236 g/mol. The van der Waals surface area contributed by atoms with Gasteiger partial charge in [0.1, 0.15) is 5.75 Å². The van der Waals surface area contributed by atoms with E-state index in [1.807, 2.05) is 38.1 Å². The average Bonchev–Trinajstić information content (AvgIpc) is 2.34. The first-order chi connectivity index (χ1) is 8.15. The molecule has 3 N–H and O–H groups in total. The summed E-state index contributed by atoms with van der Waals surface area (Å²) in [6.07, 6.45) is 0.919. The molecular formula is C13H20N2O2. The Morgan fingerprint density at radius 3 is 2.82 bits per heavy atom. The molecule has 1 aromatic rings. The van der Waals surface area contributed by atoms with Gasteiger partial charge in [-0.2, -0.15) is 0 Å². The largest absolute Gasteiger partial charge is 0.483 e. The van der Waals surface area contributed by atoms with Gasteiger partial charge in [0.25, 0.3) is 5.91 Å². The quantitative estimate of drug-likeness (QED) is 0.788. The molecule has 4 heteroatoms. The number of benzene rings is 1. The van der Waals surface area contributed by atoms with Crippen molar-refractivity contribution in [2.24, 2.45) is 5.73 Å². The first-order valence-corrected chi connectivity index (χ1v) is 5.89. The minimum atomic E-state index is -0.107. The van der Waals surface area contributed by atoms with Crippen LogP contribution in [0, 0.1) is 0 Å². The van der Waals surface area contributed by atoms with Gasteiger partial charge < -0.3 is 15.8 Å². The molecule has 1 amide bonds. The Balaban J connectivity index is 2.54. The average molecular weight is 236 g/mol. The highest BCUT2D eigenvalue weighted by Gasteiger charge is 2.08. The van der Waals surface area contributed by atoms with Gasteiger partial charge in [0.15, 0.2) is 6.61 Å². The fraction of sp³-hybridized carbons (Fsp3) is 0.462. The van der Waals surface area contributed by atoms with Crippen LogP contribution in [0.3, 0.4) is 0 Å². The van der Waals surface area contributed by atoms with Crippen LogP contribution in [-0.4, -0.2) is 19.1 Å². The lowest BCUT2D eigenvalue weighted by molar-refractivity contribution is -0.123. The van der Waals surface area contributed by atoms with Crippen molar-refractivity contribution in [3.63, 3.8) is 0 Å². The van der Waals surface area contributed by atoms with E-state index >= 15 is 0 Å². The highest BCUT2D eigenvalue weighted by atomic mass is 16.5. The molecule has 0 spiro atoms. The van der Waals surface area contributed by atoms with Gasteiger partial charge in [0, 0.05) is 18.2 Å². The maximum absolute atomic E-state index is 11.4. The van der Waals surface area contributed by atoms with Crippen molar-refractivity contribution in [2.45, 2.75) is 26.3 Å². The summed E-state index contributed by atoms with van der Waals surface area (Å²) in [5.74, 6) is 0.570. The Kier molecular flexibility index (Phi) is 5.49. The van der Waals surface area contributed by atoms with Crippen molar-refractivity contribution in [3.05, 3.63) is 29.8 Å². The minimum Gasteiger partial charge on any atom is -0.483 e. The fourth-order valence-electron chi connectivity index (χ4n) is 1.45. The number of hydrogen-bond acceptors (Lipinski definition) is 3. The number of carbonyl (C=O) groups excluding carboxylic acids is 1. The van der Waals surface area contributed by atoms with Gasteiger partial charge in [-0.05, 0) is 19.4 Å². The van der Waals surface area contributed by atoms with Gasteiger partial charge in [-0.25, -0.2) is 0 Å². The van der Waals surface area contributed by atoms with E-state index in [4.69, 9.17) is 10.5 Å².